The molecular formula is C25H34ClN5O6S. The molecule has 2 fully saturated rings. The Morgan fingerprint density at radius 2 is 1.82 bits per heavy atom. The summed E-state index contributed by atoms with van der Waals surface area (Å²) < 4.78 is 39.4. The van der Waals surface area contributed by atoms with Crippen LogP contribution in [0.2, 0.25) is 5.02 Å². The van der Waals surface area contributed by atoms with Crippen LogP contribution in [-0.4, -0.2) is 90.7 Å². The minimum atomic E-state index is -3.37. The maximum Gasteiger partial charge on any atom is 0.409 e. The first-order valence-electron chi connectivity index (χ1n) is 12.8. The Balaban J connectivity index is 1.60. The molecule has 1 aromatic heterocycles. The summed E-state index contributed by atoms with van der Waals surface area (Å²) in [5, 5.41) is 4.36. The summed E-state index contributed by atoms with van der Waals surface area (Å²) >= 11 is 6.15. The van der Waals surface area contributed by atoms with Crippen molar-refractivity contribution in [3.63, 3.8) is 0 Å². The second-order valence-corrected chi connectivity index (χ2v) is 12.5. The fourth-order valence-electron chi connectivity index (χ4n) is 4.58. The van der Waals surface area contributed by atoms with Crippen LogP contribution in [0.4, 0.5) is 10.5 Å². The molecule has 11 nitrogen and oxygen atoms in total. The topological polar surface area (TPSA) is 114 Å². The average molecular weight is 568 g/mol. The number of anilines is 1. The molecule has 3 heterocycles. The van der Waals surface area contributed by atoms with E-state index in [9.17, 15) is 18.0 Å². The van der Waals surface area contributed by atoms with E-state index >= 15 is 0 Å². The van der Waals surface area contributed by atoms with Gasteiger partial charge in [0.25, 0.3) is 0 Å². The molecule has 2 aliphatic rings. The molecule has 13 heteroatoms. The molecule has 1 amide bonds. The fourth-order valence-corrected chi connectivity index (χ4v) is 6.03. The van der Waals surface area contributed by atoms with Gasteiger partial charge in [-0.05, 0) is 39.0 Å². The Morgan fingerprint density at radius 3 is 2.42 bits per heavy atom. The molecule has 0 atom stereocenters. The van der Waals surface area contributed by atoms with Crippen LogP contribution in [0.15, 0.2) is 35.3 Å². The van der Waals surface area contributed by atoms with Gasteiger partial charge in [0.05, 0.1) is 23.7 Å². The summed E-state index contributed by atoms with van der Waals surface area (Å²) in [5.74, 6) is 0.148. The Morgan fingerprint density at radius 1 is 1.13 bits per heavy atom. The van der Waals surface area contributed by atoms with Gasteiger partial charge in [0.2, 0.25) is 15.8 Å². The molecule has 0 radical (unpaired) electrons. The molecule has 4 rings (SSSR count). The number of benzene rings is 1. The zero-order valence-electron chi connectivity index (χ0n) is 21.9. The number of piperidine rings is 1. The number of likely N-dealkylation sites (tertiary alicyclic amines) is 1. The minimum absolute atomic E-state index is 0.148. The van der Waals surface area contributed by atoms with Gasteiger partial charge in [-0.1, -0.05) is 17.7 Å². The van der Waals surface area contributed by atoms with Gasteiger partial charge in [-0.15, -0.1) is 0 Å². The first-order chi connectivity index (χ1) is 18.1. The second kappa shape index (κ2) is 11.9. The van der Waals surface area contributed by atoms with E-state index in [0.717, 1.165) is 0 Å². The van der Waals surface area contributed by atoms with Crippen LogP contribution < -0.4 is 15.2 Å². The van der Waals surface area contributed by atoms with Gasteiger partial charge in [0.15, 0.2) is 0 Å². The summed E-state index contributed by atoms with van der Waals surface area (Å²) in [6.45, 7) is 7.71. The third-order valence-corrected chi connectivity index (χ3v) is 9.27. The number of piperazine rings is 1. The predicted octanol–water partition coefficient (Wildman–Crippen LogP) is 2.75. The molecule has 0 saturated carbocycles. The van der Waals surface area contributed by atoms with Crippen LogP contribution in [0.3, 0.4) is 0 Å². The SMILES string of the molecule is CCOC(=O)N1CCC(Oc2c(N3CCN(S(=O)(=O)C(C)C)CC3)cnn(-c3cccc(Cl)c3)c2=O)CC1. The van der Waals surface area contributed by atoms with E-state index in [1.54, 1.807) is 56.1 Å². The number of carbonyl (C=O) groups excluding carboxylic acids is 1. The van der Waals surface area contributed by atoms with Gasteiger partial charge in [-0.3, -0.25) is 4.79 Å². The fraction of sp³-hybridized carbons (Fsp3) is 0.560. The first-order valence-corrected chi connectivity index (χ1v) is 14.7. The van der Waals surface area contributed by atoms with E-state index < -0.39 is 20.8 Å². The van der Waals surface area contributed by atoms with Crippen LogP contribution in [-0.2, 0) is 14.8 Å². The summed E-state index contributed by atoms with van der Waals surface area (Å²) in [5.41, 5.74) is 0.585. The largest absolute Gasteiger partial charge is 0.483 e. The summed E-state index contributed by atoms with van der Waals surface area (Å²) in [6, 6.07) is 6.83. The summed E-state index contributed by atoms with van der Waals surface area (Å²) in [4.78, 5) is 29.4. The summed E-state index contributed by atoms with van der Waals surface area (Å²) in [7, 11) is -3.37. The molecule has 2 saturated heterocycles. The lowest BCUT2D eigenvalue weighted by Crippen LogP contribution is -2.51. The number of rotatable bonds is 7. The van der Waals surface area contributed by atoms with E-state index in [0.29, 0.717) is 75.1 Å². The highest BCUT2D eigenvalue weighted by molar-refractivity contribution is 7.89. The zero-order valence-corrected chi connectivity index (χ0v) is 23.4. The Bertz CT molecular complexity index is 1300. The average Bonchev–Trinajstić information content (AvgIpc) is 2.90. The lowest BCUT2D eigenvalue weighted by atomic mass is 10.1. The number of aromatic nitrogens is 2. The Labute approximate surface area is 227 Å². The van der Waals surface area contributed by atoms with Crippen LogP contribution in [0, 0.1) is 0 Å². The molecule has 38 heavy (non-hydrogen) atoms. The van der Waals surface area contributed by atoms with Gasteiger partial charge in [-0.25, -0.2) is 13.2 Å². The van der Waals surface area contributed by atoms with E-state index in [-0.39, 0.29) is 17.9 Å². The molecule has 1 aromatic carbocycles. The van der Waals surface area contributed by atoms with Crippen molar-refractivity contribution in [2.45, 2.75) is 45.0 Å². The molecule has 0 bridgehead atoms. The third-order valence-electron chi connectivity index (χ3n) is 6.75. The first kappa shape index (κ1) is 28.2. The molecule has 0 N–H and O–H groups in total. The van der Waals surface area contributed by atoms with E-state index in [1.807, 2.05) is 4.90 Å². The van der Waals surface area contributed by atoms with E-state index in [4.69, 9.17) is 21.1 Å². The molecule has 2 aromatic rings. The maximum atomic E-state index is 13.7. The number of carbonyl (C=O) groups is 1. The highest BCUT2D eigenvalue weighted by atomic mass is 35.5. The zero-order chi connectivity index (χ0) is 27.4. The van der Waals surface area contributed by atoms with Crippen LogP contribution >= 0.6 is 11.6 Å². The summed E-state index contributed by atoms with van der Waals surface area (Å²) in [6.07, 6.45) is 2.02. The molecule has 0 spiro atoms. The van der Waals surface area contributed by atoms with Crippen molar-refractivity contribution < 1.29 is 22.7 Å². The van der Waals surface area contributed by atoms with Gasteiger partial charge in [-0.2, -0.15) is 14.1 Å². The Hall–Kier alpha value is -2.83. The minimum Gasteiger partial charge on any atom is -0.483 e. The molecule has 0 unspecified atom stereocenters. The molecule has 208 valence electrons. The molecular weight excluding hydrogens is 534 g/mol. The highest BCUT2D eigenvalue weighted by Gasteiger charge is 2.32. The van der Waals surface area contributed by atoms with Crippen molar-refractivity contribution in [1.29, 1.82) is 0 Å². The third kappa shape index (κ3) is 6.08. The highest BCUT2D eigenvalue weighted by Crippen LogP contribution is 2.29. The van der Waals surface area contributed by atoms with Crippen molar-refractivity contribution in [3.8, 4) is 11.4 Å². The second-order valence-electron chi connectivity index (χ2n) is 9.54. The molecule has 0 aliphatic carbocycles. The van der Waals surface area contributed by atoms with Crippen molar-refractivity contribution in [1.82, 2.24) is 19.0 Å². The van der Waals surface area contributed by atoms with E-state index in [2.05, 4.69) is 5.10 Å². The number of hydrogen-bond donors (Lipinski definition) is 0. The van der Waals surface area contributed by atoms with Gasteiger partial charge in [0.1, 0.15) is 11.8 Å². The number of ether oxygens (including phenoxy) is 2. The van der Waals surface area contributed by atoms with Crippen molar-refractivity contribution in [2.24, 2.45) is 0 Å². The van der Waals surface area contributed by atoms with Crippen LogP contribution in [0.5, 0.6) is 5.75 Å². The van der Waals surface area contributed by atoms with Gasteiger partial charge >= 0.3 is 11.7 Å². The number of hydrogen-bond acceptors (Lipinski definition) is 8. The van der Waals surface area contributed by atoms with Crippen LogP contribution in [0.25, 0.3) is 5.69 Å². The number of amides is 1. The lowest BCUT2D eigenvalue weighted by molar-refractivity contribution is 0.0697. The quantitative estimate of drug-likeness (QED) is 0.502. The number of nitrogens with zero attached hydrogens (tertiary/aromatic N) is 5. The Kier molecular flexibility index (Phi) is 8.84. The molecule has 2 aliphatic heterocycles. The number of sulfonamides is 1. The van der Waals surface area contributed by atoms with Gasteiger partial charge < -0.3 is 19.3 Å². The monoisotopic (exact) mass is 567 g/mol. The van der Waals surface area contributed by atoms with Crippen molar-refractivity contribution >= 4 is 33.4 Å². The van der Waals surface area contributed by atoms with Crippen molar-refractivity contribution in [2.75, 3.05) is 50.8 Å². The number of halogens is 1. The van der Waals surface area contributed by atoms with Crippen LogP contribution in [0.1, 0.15) is 33.6 Å². The lowest BCUT2D eigenvalue weighted by Gasteiger charge is -2.37. The normalized spacial score (nSPS) is 17.6. The predicted molar refractivity (Wildman–Crippen MR) is 145 cm³/mol. The smallest absolute Gasteiger partial charge is 0.409 e. The van der Waals surface area contributed by atoms with Gasteiger partial charge in [0, 0.05) is 57.1 Å². The maximum absolute atomic E-state index is 13.7. The standard InChI is InChI=1S/C25H34ClN5O6S/c1-4-36-25(33)29-10-8-21(9-11-29)37-23-22(28-12-14-30(15-13-28)38(34,35)18(2)3)17-27-31(24(23)32)20-7-5-6-19(26)16-20/h5-7,16-18,21H,4,8-15H2,1-3H3. The van der Waals surface area contributed by atoms with Crippen molar-refractivity contribution in [3.05, 3.63) is 45.8 Å². The van der Waals surface area contributed by atoms with E-state index in [1.165, 1.54) is 8.99 Å².